The molecule has 1 saturated heterocycles. The maximum atomic E-state index is 11.7. The Labute approximate surface area is 184 Å². The van der Waals surface area contributed by atoms with Crippen LogP contribution in [0.25, 0.3) is 0 Å². The Morgan fingerprint density at radius 2 is 1.68 bits per heavy atom. The minimum atomic E-state index is -0.563. The van der Waals surface area contributed by atoms with E-state index in [1.54, 1.807) is 24.3 Å². The summed E-state index contributed by atoms with van der Waals surface area (Å²) in [6.45, 7) is 8.89. The van der Waals surface area contributed by atoms with Gasteiger partial charge >= 0.3 is 6.09 Å². The van der Waals surface area contributed by atoms with E-state index in [9.17, 15) is 9.90 Å². The van der Waals surface area contributed by atoms with E-state index in [4.69, 9.17) is 9.47 Å². The Morgan fingerprint density at radius 1 is 1.00 bits per heavy atom. The summed E-state index contributed by atoms with van der Waals surface area (Å²) in [6.07, 6.45) is -1.03. The Kier molecular flexibility index (Phi) is 8.55. The van der Waals surface area contributed by atoms with Crippen LogP contribution in [0, 0.1) is 5.92 Å². The highest BCUT2D eigenvalue weighted by Crippen LogP contribution is 2.17. The number of carbonyl (C=O) groups is 1. The van der Waals surface area contributed by atoms with Gasteiger partial charge in [0, 0.05) is 44.1 Å². The smallest absolute Gasteiger partial charge is 0.411 e. The number of hydrogen-bond donors (Lipinski definition) is 2. The number of aliphatic hydroxyl groups is 1. The molecule has 1 atom stereocenters. The van der Waals surface area contributed by atoms with Gasteiger partial charge in [-0.3, -0.25) is 10.2 Å². The number of hydrogen-bond acceptors (Lipinski definition) is 6. The zero-order chi connectivity index (χ0) is 22.1. The number of benzene rings is 2. The first kappa shape index (κ1) is 22.9. The molecule has 0 spiro atoms. The van der Waals surface area contributed by atoms with Gasteiger partial charge in [-0.15, -0.1) is 0 Å². The lowest BCUT2D eigenvalue weighted by Gasteiger charge is -2.36. The number of nitrogens with one attached hydrogen (secondary N) is 1. The van der Waals surface area contributed by atoms with Crippen molar-refractivity contribution < 1.29 is 19.4 Å². The Balaban J connectivity index is 1.35. The predicted molar refractivity (Wildman–Crippen MR) is 123 cm³/mol. The molecule has 168 valence electrons. The molecule has 2 N–H and O–H groups in total. The van der Waals surface area contributed by atoms with Crippen molar-refractivity contribution in [1.82, 2.24) is 4.90 Å². The van der Waals surface area contributed by atoms with Gasteiger partial charge in [0.25, 0.3) is 0 Å². The number of amides is 1. The summed E-state index contributed by atoms with van der Waals surface area (Å²) in [6, 6.07) is 17.5. The molecule has 3 rings (SSSR count). The number of β-amino-alcohol motifs (C(OH)–C–C–N with tert-alkyl or cyclic N) is 1. The fourth-order valence-corrected chi connectivity index (χ4v) is 3.40. The van der Waals surface area contributed by atoms with Gasteiger partial charge in [0.05, 0.1) is 6.61 Å². The third kappa shape index (κ3) is 7.77. The van der Waals surface area contributed by atoms with Crippen LogP contribution >= 0.6 is 0 Å². The molecule has 1 aliphatic rings. The van der Waals surface area contributed by atoms with Crippen LogP contribution in [0.5, 0.6) is 5.75 Å². The maximum Gasteiger partial charge on any atom is 0.411 e. The molecule has 2 aromatic carbocycles. The van der Waals surface area contributed by atoms with Crippen molar-refractivity contribution in [2.75, 3.05) is 56.2 Å². The summed E-state index contributed by atoms with van der Waals surface area (Å²) in [5, 5.41) is 13.1. The predicted octanol–water partition coefficient (Wildman–Crippen LogP) is 3.45. The van der Waals surface area contributed by atoms with Crippen molar-refractivity contribution in [1.29, 1.82) is 0 Å². The number of nitrogens with zero attached hydrogens (tertiary/aromatic N) is 2. The van der Waals surface area contributed by atoms with Gasteiger partial charge in [0.15, 0.2) is 0 Å². The third-order valence-electron chi connectivity index (χ3n) is 5.05. The average Bonchev–Trinajstić information content (AvgIpc) is 2.78. The number of anilines is 2. The minimum Gasteiger partial charge on any atom is -0.491 e. The van der Waals surface area contributed by atoms with E-state index in [1.807, 2.05) is 19.9 Å². The van der Waals surface area contributed by atoms with Crippen LogP contribution in [-0.2, 0) is 4.74 Å². The van der Waals surface area contributed by atoms with Crippen LogP contribution in [0.15, 0.2) is 54.6 Å². The summed E-state index contributed by atoms with van der Waals surface area (Å²) in [4.78, 5) is 16.3. The maximum absolute atomic E-state index is 11.7. The summed E-state index contributed by atoms with van der Waals surface area (Å²) in [7, 11) is 0. The first-order chi connectivity index (χ1) is 15.0. The van der Waals surface area contributed by atoms with Gasteiger partial charge in [-0.1, -0.05) is 32.0 Å². The lowest BCUT2D eigenvalue weighted by Crippen LogP contribution is -2.49. The van der Waals surface area contributed by atoms with E-state index < -0.39 is 12.2 Å². The molecular formula is C24H33N3O4. The molecule has 1 amide bonds. The van der Waals surface area contributed by atoms with Gasteiger partial charge in [-0.2, -0.15) is 0 Å². The highest BCUT2D eigenvalue weighted by molar-refractivity contribution is 5.84. The van der Waals surface area contributed by atoms with Crippen LogP contribution < -0.4 is 15.0 Å². The summed E-state index contributed by atoms with van der Waals surface area (Å²) in [5.74, 6) is 0.940. The monoisotopic (exact) mass is 427 g/mol. The molecule has 0 aromatic heterocycles. The molecule has 0 saturated carbocycles. The van der Waals surface area contributed by atoms with E-state index in [0.29, 0.717) is 30.5 Å². The molecule has 0 radical (unpaired) electrons. The number of ether oxygens (including phenoxy) is 2. The van der Waals surface area contributed by atoms with Gasteiger partial charge in [-0.05, 0) is 42.3 Å². The van der Waals surface area contributed by atoms with Crippen molar-refractivity contribution in [2.45, 2.75) is 20.0 Å². The van der Waals surface area contributed by atoms with Gasteiger partial charge in [-0.25, -0.2) is 4.79 Å². The molecule has 1 unspecified atom stereocenters. The molecule has 31 heavy (non-hydrogen) atoms. The van der Waals surface area contributed by atoms with Crippen molar-refractivity contribution in [3.8, 4) is 5.75 Å². The Hall–Kier alpha value is -2.77. The standard InChI is InChI=1S/C24H33N3O4/c1-19(2)17-31-24(29)25-20-8-10-23(11-9-20)30-18-22(28)16-26-12-14-27(15-13-26)21-6-4-3-5-7-21/h3-11,19,22,28H,12-18H2,1-2H3,(H,25,29). The van der Waals surface area contributed by atoms with Crippen molar-refractivity contribution in [3.63, 3.8) is 0 Å². The number of aliphatic hydroxyl groups excluding tert-OH is 1. The summed E-state index contributed by atoms with van der Waals surface area (Å²) >= 11 is 0. The lowest BCUT2D eigenvalue weighted by atomic mass is 10.2. The van der Waals surface area contributed by atoms with E-state index in [1.165, 1.54) is 5.69 Å². The van der Waals surface area contributed by atoms with Gasteiger partial charge < -0.3 is 19.5 Å². The fraction of sp³-hybridized carbons (Fsp3) is 0.458. The molecule has 0 aliphatic carbocycles. The highest BCUT2D eigenvalue weighted by Gasteiger charge is 2.19. The zero-order valence-electron chi connectivity index (χ0n) is 18.4. The van der Waals surface area contributed by atoms with E-state index in [-0.39, 0.29) is 6.61 Å². The number of piperazine rings is 1. The fourth-order valence-electron chi connectivity index (χ4n) is 3.40. The second-order valence-electron chi connectivity index (χ2n) is 8.23. The SMILES string of the molecule is CC(C)COC(=O)Nc1ccc(OCC(O)CN2CCN(c3ccccc3)CC2)cc1. The second kappa shape index (κ2) is 11.6. The second-order valence-corrected chi connectivity index (χ2v) is 8.23. The van der Waals surface area contributed by atoms with Crippen molar-refractivity contribution in [3.05, 3.63) is 54.6 Å². The minimum absolute atomic E-state index is 0.224. The average molecular weight is 428 g/mol. The van der Waals surface area contributed by atoms with E-state index in [2.05, 4.69) is 39.4 Å². The third-order valence-corrected chi connectivity index (χ3v) is 5.05. The molecule has 1 aliphatic heterocycles. The molecule has 1 fully saturated rings. The summed E-state index contributed by atoms with van der Waals surface area (Å²) in [5.41, 5.74) is 1.88. The normalized spacial score (nSPS) is 15.5. The molecule has 0 bridgehead atoms. The molecular weight excluding hydrogens is 394 g/mol. The number of para-hydroxylation sites is 1. The van der Waals surface area contributed by atoms with Crippen LogP contribution in [-0.4, -0.2) is 68.1 Å². The van der Waals surface area contributed by atoms with Crippen LogP contribution in [0.1, 0.15) is 13.8 Å². The highest BCUT2D eigenvalue weighted by atomic mass is 16.5. The van der Waals surface area contributed by atoms with Crippen molar-refractivity contribution >= 4 is 17.5 Å². The molecule has 7 nitrogen and oxygen atoms in total. The first-order valence-corrected chi connectivity index (χ1v) is 10.9. The van der Waals surface area contributed by atoms with Gasteiger partial charge in [0.2, 0.25) is 0 Å². The quantitative estimate of drug-likeness (QED) is 0.639. The number of carbonyl (C=O) groups excluding carboxylic acids is 1. The first-order valence-electron chi connectivity index (χ1n) is 10.9. The van der Waals surface area contributed by atoms with Gasteiger partial charge in [0.1, 0.15) is 18.5 Å². The topological polar surface area (TPSA) is 74.3 Å². The van der Waals surface area contributed by atoms with E-state index >= 15 is 0 Å². The van der Waals surface area contributed by atoms with E-state index in [0.717, 1.165) is 26.2 Å². The molecule has 1 heterocycles. The van der Waals surface area contributed by atoms with Crippen LogP contribution in [0.2, 0.25) is 0 Å². The Morgan fingerprint density at radius 3 is 2.32 bits per heavy atom. The largest absolute Gasteiger partial charge is 0.491 e. The number of rotatable bonds is 9. The van der Waals surface area contributed by atoms with Crippen molar-refractivity contribution in [2.24, 2.45) is 5.92 Å². The van der Waals surface area contributed by atoms with Crippen LogP contribution in [0.3, 0.4) is 0 Å². The Bertz CT molecular complexity index is 790. The lowest BCUT2D eigenvalue weighted by molar-refractivity contribution is 0.0663. The zero-order valence-corrected chi connectivity index (χ0v) is 18.4. The van der Waals surface area contributed by atoms with Crippen LogP contribution in [0.4, 0.5) is 16.2 Å². The molecule has 2 aromatic rings. The molecule has 7 heteroatoms. The summed E-state index contributed by atoms with van der Waals surface area (Å²) < 4.78 is 10.8.